The molecule has 1 saturated heterocycles. The molecule has 84 valence electrons. The maximum atomic E-state index is 5.34. The Kier molecular flexibility index (Phi) is 3.05. The second-order valence-electron chi connectivity index (χ2n) is 4.43. The molecule has 0 aromatic carbocycles. The Labute approximate surface area is 90.7 Å². The van der Waals surface area contributed by atoms with Gasteiger partial charge in [-0.2, -0.15) is 4.98 Å². The highest BCUT2D eigenvalue weighted by molar-refractivity contribution is 4.98. The first-order chi connectivity index (χ1) is 7.22. The van der Waals surface area contributed by atoms with Crippen LogP contribution in [0.4, 0.5) is 0 Å². The van der Waals surface area contributed by atoms with Crippen molar-refractivity contribution < 1.29 is 4.52 Å². The molecular formula is C11H19N3O. The quantitative estimate of drug-likeness (QED) is 0.766. The number of hydrogen-bond acceptors (Lipinski definition) is 4. The zero-order chi connectivity index (χ0) is 10.8. The standard InChI is InChI=1S/C11H19N3O/c1-4-14-7-5-6-9(14)11-12-10(8(2)3)13-15-11/h8-9H,4-7H2,1-3H3. The molecule has 2 rings (SSSR count). The van der Waals surface area contributed by atoms with Crippen LogP contribution >= 0.6 is 0 Å². The lowest BCUT2D eigenvalue weighted by Gasteiger charge is -2.18. The summed E-state index contributed by atoms with van der Waals surface area (Å²) in [6.07, 6.45) is 2.38. The molecule has 0 radical (unpaired) electrons. The number of likely N-dealkylation sites (tertiary alicyclic amines) is 1. The van der Waals surface area contributed by atoms with Crippen molar-refractivity contribution in [2.45, 2.75) is 45.6 Å². The van der Waals surface area contributed by atoms with Gasteiger partial charge in [0.05, 0.1) is 6.04 Å². The molecule has 0 N–H and O–H groups in total. The van der Waals surface area contributed by atoms with Gasteiger partial charge in [0.15, 0.2) is 5.82 Å². The van der Waals surface area contributed by atoms with Crippen LogP contribution in [0.5, 0.6) is 0 Å². The lowest BCUT2D eigenvalue weighted by Crippen LogP contribution is -2.22. The van der Waals surface area contributed by atoms with E-state index in [0.29, 0.717) is 12.0 Å². The van der Waals surface area contributed by atoms with Gasteiger partial charge in [-0.25, -0.2) is 0 Å². The first-order valence-corrected chi connectivity index (χ1v) is 5.80. The van der Waals surface area contributed by atoms with E-state index in [2.05, 4.69) is 35.8 Å². The molecule has 0 spiro atoms. The predicted octanol–water partition coefficient (Wildman–Crippen LogP) is 2.35. The second-order valence-corrected chi connectivity index (χ2v) is 4.43. The Bertz CT molecular complexity index is 321. The van der Waals surface area contributed by atoms with E-state index in [4.69, 9.17) is 4.52 Å². The highest BCUT2D eigenvalue weighted by atomic mass is 16.5. The van der Waals surface area contributed by atoms with E-state index in [1.54, 1.807) is 0 Å². The van der Waals surface area contributed by atoms with Crippen molar-refractivity contribution in [2.75, 3.05) is 13.1 Å². The van der Waals surface area contributed by atoms with Crippen molar-refractivity contribution in [1.82, 2.24) is 15.0 Å². The van der Waals surface area contributed by atoms with Gasteiger partial charge in [0, 0.05) is 5.92 Å². The molecule has 1 atom stereocenters. The average Bonchev–Trinajstić information content (AvgIpc) is 2.85. The molecule has 0 saturated carbocycles. The fourth-order valence-corrected chi connectivity index (χ4v) is 2.10. The van der Waals surface area contributed by atoms with E-state index in [0.717, 1.165) is 31.2 Å². The molecule has 15 heavy (non-hydrogen) atoms. The number of aromatic nitrogens is 2. The van der Waals surface area contributed by atoms with E-state index in [1.807, 2.05) is 0 Å². The Morgan fingerprint density at radius 1 is 1.53 bits per heavy atom. The van der Waals surface area contributed by atoms with Gasteiger partial charge in [0.1, 0.15) is 0 Å². The lowest BCUT2D eigenvalue weighted by molar-refractivity contribution is 0.217. The molecule has 0 aliphatic carbocycles. The topological polar surface area (TPSA) is 42.2 Å². The van der Waals surface area contributed by atoms with Gasteiger partial charge in [-0.05, 0) is 25.9 Å². The average molecular weight is 209 g/mol. The molecule has 1 aliphatic heterocycles. The van der Waals surface area contributed by atoms with Gasteiger partial charge < -0.3 is 4.52 Å². The van der Waals surface area contributed by atoms with Crippen LogP contribution in [0.25, 0.3) is 0 Å². The van der Waals surface area contributed by atoms with Crippen LogP contribution in [0.2, 0.25) is 0 Å². The smallest absolute Gasteiger partial charge is 0.244 e. The van der Waals surface area contributed by atoms with Gasteiger partial charge in [-0.1, -0.05) is 25.9 Å². The highest BCUT2D eigenvalue weighted by Gasteiger charge is 2.29. The first-order valence-electron chi connectivity index (χ1n) is 5.80. The fourth-order valence-electron chi connectivity index (χ4n) is 2.10. The largest absolute Gasteiger partial charge is 0.338 e. The minimum absolute atomic E-state index is 0.346. The van der Waals surface area contributed by atoms with Crippen molar-refractivity contribution in [2.24, 2.45) is 0 Å². The summed E-state index contributed by atoms with van der Waals surface area (Å²) in [7, 11) is 0. The molecule has 2 heterocycles. The molecule has 4 nitrogen and oxygen atoms in total. The van der Waals surface area contributed by atoms with E-state index in [-0.39, 0.29) is 0 Å². The van der Waals surface area contributed by atoms with Crippen LogP contribution < -0.4 is 0 Å². The third-order valence-corrected chi connectivity index (χ3v) is 3.03. The highest BCUT2D eigenvalue weighted by Crippen LogP contribution is 2.30. The Morgan fingerprint density at radius 2 is 2.33 bits per heavy atom. The van der Waals surface area contributed by atoms with Crippen LogP contribution in [0.3, 0.4) is 0 Å². The van der Waals surface area contributed by atoms with E-state index in [9.17, 15) is 0 Å². The summed E-state index contributed by atoms with van der Waals surface area (Å²) in [5.74, 6) is 1.98. The Balaban J connectivity index is 2.14. The van der Waals surface area contributed by atoms with Crippen molar-refractivity contribution in [3.05, 3.63) is 11.7 Å². The summed E-state index contributed by atoms with van der Waals surface area (Å²) in [6.45, 7) is 8.56. The molecule has 1 unspecified atom stereocenters. The third-order valence-electron chi connectivity index (χ3n) is 3.03. The molecule has 1 aromatic rings. The maximum absolute atomic E-state index is 5.34. The van der Waals surface area contributed by atoms with Gasteiger partial charge in [0.25, 0.3) is 0 Å². The van der Waals surface area contributed by atoms with E-state index >= 15 is 0 Å². The van der Waals surface area contributed by atoms with Gasteiger partial charge in [-0.3, -0.25) is 4.90 Å². The van der Waals surface area contributed by atoms with Crippen molar-refractivity contribution in [3.8, 4) is 0 Å². The fraction of sp³-hybridized carbons (Fsp3) is 0.818. The van der Waals surface area contributed by atoms with E-state index in [1.165, 1.54) is 6.42 Å². The second kappa shape index (κ2) is 4.31. The minimum atomic E-state index is 0.346. The van der Waals surface area contributed by atoms with Crippen molar-refractivity contribution in [1.29, 1.82) is 0 Å². The summed E-state index contributed by atoms with van der Waals surface area (Å²) >= 11 is 0. The van der Waals surface area contributed by atoms with E-state index < -0.39 is 0 Å². The Morgan fingerprint density at radius 3 is 2.93 bits per heavy atom. The van der Waals surface area contributed by atoms with Crippen molar-refractivity contribution >= 4 is 0 Å². The van der Waals surface area contributed by atoms with Crippen LogP contribution in [-0.4, -0.2) is 28.1 Å². The SMILES string of the molecule is CCN1CCCC1c1nc(C(C)C)no1. The third kappa shape index (κ3) is 2.04. The molecule has 0 bridgehead atoms. The molecule has 1 fully saturated rings. The summed E-state index contributed by atoms with van der Waals surface area (Å²) in [6, 6.07) is 0.356. The lowest BCUT2D eigenvalue weighted by atomic mass is 10.2. The zero-order valence-electron chi connectivity index (χ0n) is 9.73. The van der Waals surface area contributed by atoms with Crippen molar-refractivity contribution in [3.63, 3.8) is 0 Å². The maximum Gasteiger partial charge on any atom is 0.244 e. The molecule has 4 heteroatoms. The monoisotopic (exact) mass is 209 g/mol. The normalized spacial score (nSPS) is 22.8. The van der Waals surface area contributed by atoms with Gasteiger partial charge in [0.2, 0.25) is 5.89 Å². The zero-order valence-corrected chi connectivity index (χ0v) is 9.73. The summed E-state index contributed by atoms with van der Waals surface area (Å²) < 4.78 is 5.34. The summed E-state index contributed by atoms with van der Waals surface area (Å²) in [5, 5.41) is 4.02. The molecule has 0 amide bonds. The Hall–Kier alpha value is -0.900. The predicted molar refractivity (Wildman–Crippen MR) is 57.6 cm³/mol. The van der Waals surface area contributed by atoms with Gasteiger partial charge in [-0.15, -0.1) is 0 Å². The molecule has 1 aliphatic rings. The summed E-state index contributed by atoms with van der Waals surface area (Å²) in [4.78, 5) is 6.87. The van der Waals surface area contributed by atoms with Crippen LogP contribution in [-0.2, 0) is 0 Å². The molecule has 1 aromatic heterocycles. The number of nitrogens with zero attached hydrogens (tertiary/aromatic N) is 3. The number of rotatable bonds is 3. The van der Waals surface area contributed by atoms with Crippen LogP contribution in [0.15, 0.2) is 4.52 Å². The van der Waals surface area contributed by atoms with Crippen LogP contribution in [0.1, 0.15) is 57.3 Å². The molecular weight excluding hydrogens is 190 g/mol. The summed E-state index contributed by atoms with van der Waals surface area (Å²) in [5.41, 5.74) is 0. The first kappa shape index (κ1) is 10.6. The van der Waals surface area contributed by atoms with Crippen LogP contribution in [0, 0.1) is 0 Å². The van der Waals surface area contributed by atoms with Gasteiger partial charge >= 0.3 is 0 Å². The minimum Gasteiger partial charge on any atom is -0.338 e. The number of hydrogen-bond donors (Lipinski definition) is 0.